The highest BCUT2D eigenvalue weighted by atomic mass is 16.4. The molecule has 1 aliphatic heterocycles. The van der Waals surface area contributed by atoms with Crippen molar-refractivity contribution >= 4 is 11.9 Å². The van der Waals surface area contributed by atoms with Gasteiger partial charge in [0, 0.05) is 18.8 Å². The van der Waals surface area contributed by atoms with E-state index in [1.807, 2.05) is 6.07 Å². The first-order chi connectivity index (χ1) is 13.0. The number of nitrogens with one attached hydrogen (secondary N) is 1. The van der Waals surface area contributed by atoms with E-state index < -0.39 is 5.97 Å². The highest BCUT2D eigenvalue weighted by molar-refractivity contribution is 5.94. The van der Waals surface area contributed by atoms with Gasteiger partial charge in [0.1, 0.15) is 5.56 Å². The molecule has 0 spiro atoms. The highest BCUT2D eigenvalue weighted by Gasteiger charge is 2.25. The van der Waals surface area contributed by atoms with Crippen LogP contribution in [0.5, 0.6) is 0 Å². The van der Waals surface area contributed by atoms with Crippen molar-refractivity contribution in [1.29, 1.82) is 0 Å². The molecule has 0 atom stereocenters. The number of carbonyl (C=O) groups excluding carboxylic acids is 1. The van der Waals surface area contributed by atoms with Crippen molar-refractivity contribution in [2.45, 2.75) is 45.1 Å². The van der Waals surface area contributed by atoms with Crippen LogP contribution in [0, 0.1) is 0 Å². The van der Waals surface area contributed by atoms with Crippen LogP contribution in [0.25, 0.3) is 0 Å². The Hall–Kier alpha value is -2.89. The van der Waals surface area contributed by atoms with E-state index in [9.17, 15) is 19.5 Å². The van der Waals surface area contributed by atoms with Crippen LogP contribution in [-0.2, 0) is 25.8 Å². The van der Waals surface area contributed by atoms with Crippen LogP contribution in [-0.4, -0.2) is 33.4 Å². The zero-order valence-electron chi connectivity index (χ0n) is 15.1. The molecule has 2 N–H and O–H groups in total. The number of aromatic nitrogens is 1. The number of carbonyl (C=O) groups is 2. The average molecular weight is 366 g/mol. The predicted octanol–water partition coefficient (Wildman–Crippen LogP) is 2.54. The van der Waals surface area contributed by atoms with Crippen molar-refractivity contribution < 1.29 is 14.7 Å². The number of pyridine rings is 1. The van der Waals surface area contributed by atoms with E-state index in [-0.39, 0.29) is 22.6 Å². The maximum atomic E-state index is 13.0. The molecule has 1 aliphatic carbocycles. The molecule has 1 aromatic carbocycles. The minimum absolute atomic E-state index is 0.188. The Morgan fingerprint density at radius 1 is 0.963 bits per heavy atom. The summed E-state index contributed by atoms with van der Waals surface area (Å²) in [7, 11) is 0. The summed E-state index contributed by atoms with van der Waals surface area (Å²) in [5, 5.41) is 9.19. The molecule has 0 radical (unpaired) electrons. The molecule has 6 nitrogen and oxygen atoms in total. The second-order valence-corrected chi connectivity index (χ2v) is 7.34. The normalized spacial score (nSPS) is 16.2. The summed E-state index contributed by atoms with van der Waals surface area (Å²) in [6.07, 6.45) is 5.66. The molecule has 1 amide bonds. The molecule has 140 valence electrons. The Balaban J connectivity index is 1.62. The number of aromatic carboxylic acids is 1. The van der Waals surface area contributed by atoms with Crippen LogP contribution in [0.1, 0.15) is 62.4 Å². The lowest BCUT2D eigenvalue weighted by atomic mass is 9.96. The Bertz CT molecular complexity index is 977. The second-order valence-electron chi connectivity index (χ2n) is 7.34. The third-order valence-corrected chi connectivity index (χ3v) is 5.57. The topological polar surface area (TPSA) is 90.5 Å². The molecule has 0 saturated heterocycles. The number of rotatable bonds is 2. The van der Waals surface area contributed by atoms with E-state index in [4.69, 9.17) is 0 Å². The number of carboxylic acid groups (broad SMARTS) is 1. The molecular weight excluding hydrogens is 344 g/mol. The van der Waals surface area contributed by atoms with Gasteiger partial charge in [-0.3, -0.25) is 9.59 Å². The summed E-state index contributed by atoms with van der Waals surface area (Å²) in [4.78, 5) is 41.3. The van der Waals surface area contributed by atoms with E-state index >= 15 is 0 Å². The van der Waals surface area contributed by atoms with Crippen LogP contribution in [0.3, 0.4) is 0 Å². The summed E-state index contributed by atoms with van der Waals surface area (Å²) in [5.74, 6) is -1.27. The van der Waals surface area contributed by atoms with Crippen LogP contribution in [0.2, 0.25) is 0 Å². The molecule has 0 saturated carbocycles. The third-order valence-electron chi connectivity index (χ3n) is 5.57. The van der Waals surface area contributed by atoms with Crippen molar-refractivity contribution in [1.82, 2.24) is 9.88 Å². The van der Waals surface area contributed by atoms with Gasteiger partial charge in [-0.1, -0.05) is 12.5 Å². The molecule has 4 rings (SSSR count). The Kier molecular flexibility index (Phi) is 4.56. The maximum absolute atomic E-state index is 13.0. The van der Waals surface area contributed by atoms with Crippen molar-refractivity contribution in [3.63, 3.8) is 0 Å². The fourth-order valence-electron chi connectivity index (χ4n) is 4.04. The van der Waals surface area contributed by atoms with Crippen LogP contribution >= 0.6 is 0 Å². The number of benzene rings is 1. The molecule has 6 heteroatoms. The van der Waals surface area contributed by atoms with Gasteiger partial charge in [-0.05, 0) is 67.0 Å². The van der Waals surface area contributed by atoms with E-state index in [1.54, 1.807) is 23.1 Å². The highest BCUT2D eigenvalue weighted by Crippen LogP contribution is 2.23. The number of H-pyrrole nitrogens is 1. The summed E-state index contributed by atoms with van der Waals surface area (Å²) >= 11 is 0. The largest absolute Gasteiger partial charge is 0.478 e. The number of aryl methyl sites for hydroxylation is 2. The average Bonchev–Trinajstić information content (AvgIpc) is 2.90. The van der Waals surface area contributed by atoms with Gasteiger partial charge in [0.2, 0.25) is 0 Å². The predicted molar refractivity (Wildman–Crippen MR) is 100 cm³/mol. The van der Waals surface area contributed by atoms with E-state index in [0.717, 1.165) is 54.5 Å². The van der Waals surface area contributed by atoms with Crippen LogP contribution in [0.15, 0.2) is 29.1 Å². The number of hydrogen-bond acceptors (Lipinski definition) is 3. The summed E-state index contributed by atoms with van der Waals surface area (Å²) in [6, 6.07) is 6.80. The first-order valence-electron chi connectivity index (χ1n) is 9.42. The number of hydrogen-bond donors (Lipinski definition) is 2. The van der Waals surface area contributed by atoms with Gasteiger partial charge < -0.3 is 15.0 Å². The van der Waals surface area contributed by atoms with Gasteiger partial charge in [0.05, 0.1) is 5.56 Å². The van der Waals surface area contributed by atoms with Gasteiger partial charge in [-0.25, -0.2) is 4.79 Å². The molecule has 2 aliphatic rings. The molecule has 2 aromatic rings. The summed E-state index contributed by atoms with van der Waals surface area (Å²) in [5.41, 5.74) is 4.00. The first kappa shape index (κ1) is 17.5. The van der Waals surface area contributed by atoms with E-state index in [2.05, 4.69) is 4.98 Å². The van der Waals surface area contributed by atoms with Gasteiger partial charge in [-0.2, -0.15) is 0 Å². The molecule has 2 heterocycles. The standard InChI is InChI=1S/C21H22N2O4/c24-19-17(11-14-4-2-1-3-5-18(14)22-19)20(25)23-9-8-13-6-7-15(21(26)27)10-16(13)12-23/h6-7,10-11H,1-5,8-9,12H2,(H,22,24)(H,26,27). The fraction of sp³-hybridized carbons (Fsp3) is 0.381. The van der Waals surface area contributed by atoms with Crippen LogP contribution in [0.4, 0.5) is 0 Å². The Morgan fingerprint density at radius 3 is 2.59 bits per heavy atom. The minimum atomic E-state index is -0.983. The minimum Gasteiger partial charge on any atom is -0.478 e. The lowest BCUT2D eigenvalue weighted by Gasteiger charge is -2.29. The smallest absolute Gasteiger partial charge is 0.335 e. The maximum Gasteiger partial charge on any atom is 0.335 e. The Morgan fingerprint density at radius 2 is 1.78 bits per heavy atom. The second kappa shape index (κ2) is 7.02. The number of amides is 1. The van der Waals surface area contributed by atoms with E-state index in [0.29, 0.717) is 19.5 Å². The number of nitrogens with zero attached hydrogens (tertiary/aromatic N) is 1. The zero-order chi connectivity index (χ0) is 19.0. The van der Waals surface area contributed by atoms with E-state index in [1.165, 1.54) is 0 Å². The Labute approximate surface area is 156 Å². The third kappa shape index (κ3) is 3.39. The first-order valence-corrected chi connectivity index (χ1v) is 9.42. The SMILES string of the molecule is O=C(O)c1ccc2c(c1)CN(C(=O)c1cc3c([nH]c1=O)CCCCC3)CC2. The molecule has 27 heavy (non-hydrogen) atoms. The van der Waals surface area contributed by atoms with Gasteiger partial charge >= 0.3 is 5.97 Å². The lowest BCUT2D eigenvalue weighted by Crippen LogP contribution is -2.39. The number of fused-ring (bicyclic) bond motifs is 2. The number of aromatic amines is 1. The monoisotopic (exact) mass is 366 g/mol. The van der Waals surface area contributed by atoms with Gasteiger partial charge in [0.15, 0.2) is 0 Å². The molecule has 0 unspecified atom stereocenters. The van der Waals surface area contributed by atoms with Crippen molar-refractivity contribution in [2.24, 2.45) is 0 Å². The number of carboxylic acids is 1. The molecule has 0 bridgehead atoms. The summed E-state index contributed by atoms with van der Waals surface area (Å²) < 4.78 is 0. The molecule has 1 aromatic heterocycles. The van der Waals surface area contributed by atoms with Gasteiger partial charge in [0.25, 0.3) is 11.5 Å². The van der Waals surface area contributed by atoms with Crippen molar-refractivity contribution in [3.05, 3.63) is 68.1 Å². The van der Waals surface area contributed by atoms with Crippen molar-refractivity contribution in [2.75, 3.05) is 6.54 Å². The fourth-order valence-corrected chi connectivity index (χ4v) is 4.04. The molecular formula is C21H22N2O4. The lowest BCUT2D eigenvalue weighted by molar-refractivity contribution is 0.0696. The molecule has 0 fully saturated rings. The van der Waals surface area contributed by atoms with Crippen molar-refractivity contribution in [3.8, 4) is 0 Å². The summed E-state index contributed by atoms with van der Waals surface area (Å²) in [6.45, 7) is 0.848. The quantitative estimate of drug-likeness (QED) is 0.799. The zero-order valence-corrected chi connectivity index (χ0v) is 15.1. The van der Waals surface area contributed by atoms with Crippen LogP contribution < -0.4 is 5.56 Å². The van der Waals surface area contributed by atoms with Gasteiger partial charge in [-0.15, -0.1) is 0 Å².